The Morgan fingerprint density at radius 3 is 2.62 bits per heavy atom. The van der Waals surface area contributed by atoms with Crippen molar-refractivity contribution in [2.45, 2.75) is 19.3 Å². The lowest BCUT2D eigenvalue weighted by Gasteiger charge is -2.12. The summed E-state index contributed by atoms with van der Waals surface area (Å²) in [7, 11) is 4.06. The lowest BCUT2D eigenvalue weighted by molar-refractivity contribution is 0.0696. The number of nitrogens with zero attached hydrogens (tertiary/aromatic N) is 2. The van der Waals surface area contributed by atoms with E-state index in [0.29, 0.717) is 11.5 Å². The van der Waals surface area contributed by atoms with Gasteiger partial charge in [0.05, 0.1) is 5.56 Å². The van der Waals surface area contributed by atoms with Gasteiger partial charge in [-0.3, -0.25) is 0 Å². The summed E-state index contributed by atoms with van der Waals surface area (Å²) in [6.07, 6.45) is 1.12. The SMILES string of the molecule is Cc1c(C(=O)O)cc(C2CCN(C)C2)n1C. The first-order valence-electron chi connectivity index (χ1n) is 5.58. The highest BCUT2D eigenvalue weighted by atomic mass is 16.4. The number of carboxylic acids is 1. The summed E-state index contributed by atoms with van der Waals surface area (Å²) >= 11 is 0. The van der Waals surface area contributed by atoms with Gasteiger partial charge in [-0.05, 0) is 33.0 Å². The molecule has 0 bridgehead atoms. The molecule has 1 aliphatic heterocycles. The van der Waals surface area contributed by atoms with Crippen molar-refractivity contribution in [1.82, 2.24) is 9.47 Å². The largest absolute Gasteiger partial charge is 0.478 e. The van der Waals surface area contributed by atoms with Crippen LogP contribution in [0.5, 0.6) is 0 Å². The average Bonchev–Trinajstić information content (AvgIpc) is 2.74. The molecule has 1 N–H and O–H groups in total. The molecule has 4 nitrogen and oxygen atoms in total. The van der Waals surface area contributed by atoms with E-state index in [0.717, 1.165) is 30.9 Å². The fourth-order valence-corrected chi connectivity index (χ4v) is 2.51. The zero-order valence-corrected chi connectivity index (χ0v) is 10.0. The van der Waals surface area contributed by atoms with Gasteiger partial charge in [-0.1, -0.05) is 0 Å². The molecule has 1 aliphatic rings. The number of aromatic nitrogens is 1. The second kappa shape index (κ2) is 3.94. The van der Waals surface area contributed by atoms with Gasteiger partial charge in [0, 0.05) is 30.9 Å². The van der Waals surface area contributed by atoms with Crippen LogP contribution in [-0.2, 0) is 7.05 Å². The van der Waals surface area contributed by atoms with Crippen LogP contribution in [0.3, 0.4) is 0 Å². The van der Waals surface area contributed by atoms with Gasteiger partial charge in [0.25, 0.3) is 0 Å². The molecule has 2 rings (SSSR count). The highest BCUT2D eigenvalue weighted by molar-refractivity contribution is 5.89. The number of aromatic carboxylic acids is 1. The number of rotatable bonds is 2. The maximum atomic E-state index is 11.0. The van der Waals surface area contributed by atoms with Gasteiger partial charge >= 0.3 is 5.97 Å². The van der Waals surface area contributed by atoms with E-state index in [4.69, 9.17) is 5.11 Å². The Balaban J connectivity index is 2.35. The summed E-state index contributed by atoms with van der Waals surface area (Å²) in [6.45, 7) is 3.99. The van der Waals surface area contributed by atoms with Crippen LogP contribution in [0.25, 0.3) is 0 Å². The molecule has 1 aromatic heterocycles. The summed E-state index contributed by atoms with van der Waals surface area (Å²) < 4.78 is 2.02. The molecule has 4 heteroatoms. The Kier molecular flexibility index (Phi) is 2.76. The number of carbonyl (C=O) groups is 1. The third-order valence-corrected chi connectivity index (χ3v) is 3.61. The normalized spacial score (nSPS) is 21.6. The van der Waals surface area contributed by atoms with Crippen LogP contribution < -0.4 is 0 Å². The Hall–Kier alpha value is -1.29. The molecular formula is C12H18N2O2. The highest BCUT2D eigenvalue weighted by Gasteiger charge is 2.26. The van der Waals surface area contributed by atoms with Crippen LogP contribution >= 0.6 is 0 Å². The molecule has 1 unspecified atom stereocenters. The van der Waals surface area contributed by atoms with Gasteiger partial charge in [-0.2, -0.15) is 0 Å². The van der Waals surface area contributed by atoms with Crippen molar-refractivity contribution in [2.75, 3.05) is 20.1 Å². The van der Waals surface area contributed by atoms with E-state index in [1.54, 1.807) is 0 Å². The van der Waals surface area contributed by atoms with Crippen LogP contribution in [0.15, 0.2) is 6.07 Å². The molecule has 88 valence electrons. The van der Waals surface area contributed by atoms with Gasteiger partial charge in [-0.15, -0.1) is 0 Å². The molecule has 0 spiro atoms. The maximum absolute atomic E-state index is 11.0. The highest BCUT2D eigenvalue weighted by Crippen LogP contribution is 2.29. The second-order valence-corrected chi connectivity index (χ2v) is 4.68. The summed E-state index contributed by atoms with van der Waals surface area (Å²) in [6, 6.07) is 1.83. The molecule has 0 aliphatic carbocycles. The van der Waals surface area contributed by atoms with Gasteiger partial charge in [0.15, 0.2) is 0 Å². The molecule has 1 saturated heterocycles. The molecule has 2 heterocycles. The van der Waals surface area contributed by atoms with Crippen molar-refractivity contribution < 1.29 is 9.90 Å². The van der Waals surface area contributed by atoms with Crippen LogP contribution in [-0.4, -0.2) is 40.7 Å². The van der Waals surface area contributed by atoms with Crippen LogP contribution in [0.1, 0.15) is 34.1 Å². The lowest BCUT2D eigenvalue weighted by Crippen LogP contribution is -2.14. The minimum atomic E-state index is -0.828. The van der Waals surface area contributed by atoms with E-state index in [2.05, 4.69) is 11.9 Å². The van der Waals surface area contributed by atoms with Crippen molar-refractivity contribution in [3.8, 4) is 0 Å². The van der Waals surface area contributed by atoms with Gasteiger partial charge in [0.2, 0.25) is 0 Å². The molecule has 1 atom stereocenters. The van der Waals surface area contributed by atoms with Crippen LogP contribution in [0.4, 0.5) is 0 Å². The van der Waals surface area contributed by atoms with Crippen molar-refractivity contribution in [3.05, 3.63) is 23.0 Å². The third-order valence-electron chi connectivity index (χ3n) is 3.61. The number of hydrogen-bond acceptors (Lipinski definition) is 2. The Morgan fingerprint density at radius 1 is 1.50 bits per heavy atom. The minimum absolute atomic E-state index is 0.437. The topological polar surface area (TPSA) is 45.5 Å². The first kappa shape index (κ1) is 11.2. The van der Waals surface area contributed by atoms with Crippen LogP contribution in [0, 0.1) is 6.92 Å². The van der Waals surface area contributed by atoms with Gasteiger partial charge < -0.3 is 14.6 Å². The van der Waals surface area contributed by atoms with Crippen molar-refractivity contribution in [1.29, 1.82) is 0 Å². The lowest BCUT2D eigenvalue weighted by atomic mass is 10.0. The van der Waals surface area contributed by atoms with E-state index in [-0.39, 0.29) is 0 Å². The zero-order chi connectivity index (χ0) is 11.9. The summed E-state index contributed by atoms with van der Waals surface area (Å²) in [5.41, 5.74) is 2.43. The van der Waals surface area contributed by atoms with E-state index in [9.17, 15) is 4.79 Å². The molecule has 1 aromatic rings. The minimum Gasteiger partial charge on any atom is -0.478 e. The van der Waals surface area contributed by atoms with Gasteiger partial charge in [-0.25, -0.2) is 4.79 Å². The number of likely N-dealkylation sites (N-methyl/N-ethyl adjacent to an activating group) is 1. The molecular weight excluding hydrogens is 204 g/mol. The fraction of sp³-hybridized carbons (Fsp3) is 0.583. The van der Waals surface area contributed by atoms with Gasteiger partial charge in [0.1, 0.15) is 0 Å². The first-order valence-corrected chi connectivity index (χ1v) is 5.58. The second-order valence-electron chi connectivity index (χ2n) is 4.68. The standard InChI is InChI=1S/C12H18N2O2/c1-8-10(12(15)16)6-11(14(8)3)9-4-5-13(2)7-9/h6,9H,4-5,7H2,1-3H3,(H,15,16). The molecule has 0 amide bonds. The average molecular weight is 222 g/mol. The number of likely N-dealkylation sites (tertiary alicyclic amines) is 1. The van der Waals surface area contributed by atoms with E-state index >= 15 is 0 Å². The van der Waals surface area contributed by atoms with Crippen LogP contribution in [0.2, 0.25) is 0 Å². The quantitative estimate of drug-likeness (QED) is 0.823. The third kappa shape index (κ3) is 1.73. The Bertz CT molecular complexity index is 423. The molecule has 0 saturated carbocycles. The number of hydrogen-bond donors (Lipinski definition) is 1. The summed E-state index contributed by atoms with van der Waals surface area (Å²) in [5.74, 6) is -0.354. The maximum Gasteiger partial charge on any atom is 0.337 e. The molecule has 0 radical (unpaired) electrons. The van der Waals surface area contributed by atoms with E-state index in [1.807, 2.05) is 24.6 Å². The Morgan fingerprint density at radius 2 is 2.19 bits per heavy atom. The predicted octanol–water partition coefficient (Wildman–Crippen LogP) is 1.45. The fourth-order valence-electron chi connectivity index (χ4n) is 2.51. The molecule has 16 heavy (non-hydrogen) atoms. The molecule has 0 aromatic carbocycles. The van der Waals surface area contributed by atoms with E-state index < -0.39 is 5.97 Å². The summed E-state index contributed by atoms with van der Waals surface area (Å²) in [4.78, 5) is 13.3. The van der Waals surface area contributed by atoms with Crippen molar-refractivity contribution >= 4 is 5.97 Å². The molecule has 1 fully saturated rings. The smallest absolute Gasteiger partial charge is 0.337 e. The van der Waals surface area contributed by atoms with Crippen molar-refractivity contribution in [2.24, 2.45) is 7.05 Å². The monoisotopic (exact) mass is 222 g/mol. The number of carboxylic acid groups (broad SMARTS) is 1. The van der Waals surface area contributed by atoms with Crippen molar-refractivity contribution in [3.63, 3.8) is 0 Å². The predicted molar refractivity (Wildman–Crippen MR) is 62.0 cm³/mol. The first-order chi connectivity index (χ1) is 7.50. The Labute approximate surface area is 95.5 Å². The summed E-state index contributed by atoms with van der Waals surface area (Å²) in [5, 5.41) is 9.07. The van der Waals surface area contributed by atoms with E-state index in [1.165, 1.54) is 0 Å². The zero-order valence-electron chi connectivity index (χ0n) is 10.0.